The highest BCUT2D eigenvalue weighted by atomic mass is 35.5. The number of carbonyl (C=O) groups excluding carboxylic acids is 1. The molecule has 72 valence electrons. The van der Waals surface area contributed by atoms with Crippen molar-refractivity contribution in [1.82, 2.24) is 4.98 Å². The molecule has 0 bridgehead atoms. The number of carbonyl (C=O) groups is 1. The number of alkyl halides is 2. The van der Waals surface area contributed by atoms with Gasteiger partial charge in [-0.1, -0.05) is 0 Å². The number of pyridine rings is 1. The predicted molar refractivity (Wildman–Crippen MR) is 44.1 cm³/mol. The first kappa shape index (κ1) is 10.5. The molecule has 0 amide bonds. The van der Waals surface area contributed by atoms with Gasteiger partial charge in [-0.3, -0.25) is 9.78 Å². The van der Waals surface area contributed by atoms with E-state index in [1.54, 1.807) is 6.07 Å². The van der Waals surface area contributed by atoms with E-state index in [0.717, 1.165) is 12.3 Å². The van der Waals surface area contributed by atoms with Gasteiger partial charge >= 0.3 is 0 Å². The first-order valence-electron chi connectivity index (χ1n) is 3.44. The van der Waals surface area contributed by atoms with Gasteiger partial charge in [0.2, 0.25) is 0 Å². The van der Waals surface area contributed by atoms with E-state index in [-0.39, 0.29) is 11.1 Å². The molecule has 0 aliphatic heterocycles. The summed E-state index contributed by atoms with van der Waals surface area (Å²) >= 11 is 5.10. The van der Waals surface area contributed by atoms with Crippen LogP contribution in [0.25, 0.3) is 0 Å². The second-order valence-electron chi connectivity index (χ2n) is 2.34. The smallest absolute Gasteiger partial charge is 0.276 e. The first-order valence-corrected chi connectivity index (χ1v) is 3.82. The molecule has 1 rings (SSSR count). The lowest BCUT2D eigenvalue weighted by atomic mass is 10.1. The van der Waals surface area contributed by atoms with Crippen molar-refractivity contribution in [2.75, 3.05) is 0 Å². The number of nitriles is 1. The Hall–Kier alpha value is -1.54. The average molecular weight is 217 g/mol. The van der Waals surface area contributed by atoms with Gasteiger partial charge in [0.15, 0.2) is 0 Å². The van der Waals surface area contributed by atoms with Crippen molar-refractivity contribution in [2.45, 2.75) is 6.43 Å². The Morgan fingerprint density at radius 2 is 2.29 bits per heavy atom. The fourth-order valence-electron chi connectivity index (χ4n) is 0.843. The van der Waals surface area contributed by atoms with Crippen LogP contribution in [0.2, 0.25) is 0 Å². The molecule has 6 heteroatoms. The maximum Gasteiger partial charge on any atom is 0.280 e. The van der Waals surface area contributed by atoms with Crippen LogP contribution in [0.4, 0.5) is 8.78 Å². The Bertz CT molecular complexity index is 414. The quantitative estimate of drug-likeness (QED) is 0.713. The molecule has 14 heavy (non-hydrogen) atoms. The van der Waals surface area contributed by atoms with Crippen molar-refractivity contribution in [2.24, 2.45) is 0 Å². The third kappa shape index (κ3) is 2.03. The van der Waals surface area contributed by atoms with Gasteiger partial charge in [0.25, 0.3) is 11.7 Å². The van der Waals surface area contributed by atoms with E-state index in [4.69, 9.17) is 16.9 Å². The predicted octanol–water partition coefficient (Wildman–Crippen LogP) is 2.27. The highest BCUT2D eigenvalue weighted by Gasteiger charge is 2.15. The highest BCUT2D eigenvalue weighted by Crippen LogP contribution is 2.19. The van der Waals surface area contributed by atoms with Crippen LogP contribution >= 0.6 is 11.6 Å². The second kappa shape index (κ2) is 4.11. The van der Waals surface area contributed by atoms with Crippen molar-refractivity contribution < 1.29 is 13.6 Å². The van der Waals surface area contributed by atoms with E-state index >= 15 is 0 Å². The van der Waals surface area contributed by atoms with E-state index in [2.05, 4.69) is 4.98 Å². The van der Waals surface area contributed by atoms with Gasteiger partial charge in [0, 0.05) is 6.20 Å². The molecule has 0 saturated carbocycles. The lowest BCUT2D eigenvalue weighted by Gasteiger charge is -2.01. The summed E-state index contributed by atoms with van der Waals surface area (Å²) in [6, 6.07) is 2.45. The third-order valence-corrected chi connectivity index (χ3v) is 1.68. The van der Waals surface area contributed by atoms with E-state index in [1.165, 1.54) is 0 Å². The van der Waals surface area contributed by atoms with Gasteiger partial charge in [0.1, 0.15) is 11.8 Å². The molecule has 0 N–H and O–H groups in total. The number of rotatable bonds is 2. The monoisotopic (exact) mass is 216 g/mol. The molecule has 0 radical (unpaired) electrons. The zero-order valence-corrected chi connectivity index (χ0v) is 7.42. The van der Waals surface area contributed by atoms with Gasteiger partial charge in [0.05, 0.1) is 11.1 Å². The van der Waals surface area contributed by atoms with Gasteiger partial charge < -0.3 is 0 Å². The Labute approximate surface area is 82.9 Å². The summed E-state index contributed by atoms with van der Waals surface area (Å²) in [7, 11) is 0. The molecule has 3 nitrogen and oxygen atoms in total. The summed E-state index contributed by atoms with van der Waals surface area (Å²) < 4.78 is 24.3. The van der Waals surface area contributed by atoms with Crippen molar-refractivity contribution in [3.05, 3.63) is 29.1 Å². The number of nitrogens with zero attached hydrogens (tertiary/aromatic N) is 2. The van der Waals surface area contributed by atoms with Crippen molar-refractivity contribution in [3.8, 4) is 6.07 Å². The van der Waals surface area contributed by atoms with Gasteiger partial charge in [-0.25, -0.2) is 8.78 Å². The highest BCUT2D eigenvalue weighted by molar-refractivity contribution is 6.68. The van der Waals surface area contributed by atoms with Crippen LogP contribution < -0.4 is 0 Å². The van der Waals surface area contributed by atoms with Gasteiger partial charge in [-0.15, -0.1) is 0 Å². The molecule has 1 heterocycles. The molecule has 0 fully saturated rings. The van der Waals surface area contributed by atoms with Crippen LogP contribution in [0.1, 0.15) is 28.0 Å². The van der Waals surface area contributed by atoms with E-state index < -0.39 is 17.4 Å². The molecule has 1 aromatic heterocycles. The second-order valence-corrected chi connectivity index (χ2v) is 2.68. The minimum absolute atomic E-state index is 0.116. The molecular weight excluding hydrogens is 214 g/mol. The normalized spacial score (nSPS) is 9.93. The molecule has 0 aromatic carbocycles. The zero-order valence-electron chi connectivity index (χ0n) is 6.67. The molecular formula is C8H3ClF2N2O. The van der Waals surface area contributed by atoms with E-state index in [0.29, 0.717) is 0 Å². The Balaban J connectivity index is 3.30. The number of hydrogen-bond acceptors (Lipinski definition) is 3. The van der Waals surface area contributed by atoms with Crippen LogP contribution in [-0.2, 0) is 0 Å². The van der Waals surface area contributed by atoms with Crippen molar-refractivity contribution >= 4 is 16.8 Å². The van der Waals surface area contributed by atoms with Gasteiger partial charge in [-0.2, -0.15) is 5.26 Å². The molecule has 0 saturated heterocycles. The SMILES string of the molecule is N#Cc1cnc(C(F)F)cc1C(=O)Cl. The van der Waals surface area contributed by atoms with Crippen LogP contribution in [0, 0.1) is 11.3 Å². The molecule has 0 unspecified atom stereocenters. The maximum atomic E-state index is 12.1. The number of hydrogen-bond donors (Lipinski definition) is 0. The van der Waals surface area contributed by atoms with Crippen LogP contribution in [0.15, 0.2) is 12.3 Å². The third-order valence-electron chi connectivity index (χ3n) is 1.48. The summed E-state index contributed by atoms with van der Waals surface area (Å²) in [5.41, 5.74) is -0.943. The maximum absolute atomic E-state index is 12.1. The summed E-state index contributed by atoms with van der Waals surface area (Å²) in [6.07, 6.45) is -1.89. The lowest BCUT2D eigenvalue weighted by Crippen LogP contribution is -1.99. The van der Waals surface area contributed by atoms with E-state index in [9.17, 15) is 13.6 Å². The first-order chi connectivity index (χ1) is 6.56. The Morgan fingerprint density at radius 3 is 2.71 bits per heavy atom. The number of halogens is 3. The summed E-state index contributed by atoms with van der Waals surface area (Å²) in [5, 5.41) is 7.56. The standard InChI is InChI=1S/C8H3ClF2N2O/c9-7(14)5-1-6(8(10)11)13-3-4(5)2-12/h1,3,8H. The Kier molecular flexibility index (Phi) is 3.10. The minimum atomic E-state index is -2.79. The molecule has 0 spiro atoms. The van der Waals surface area contributed by atoms with Gasteiger partial charge in [-0.05, 0) is 17.7 Å². The summed E-state index contributed by atoms with van der Waals surface area (Å²) in [5.74, 6) is 0. The zero-order chi connectivity index (χ0) is 10.7. The van der Waals surface area contributed by atoms with E-state index in [1.807, 2.05) is 0 Å². The topological polar surface area (TPSA) is 53.8 Å². The Morgan fingerprint density at radius 1 is 1.64 bits per heavy atom. The fourth-order valence-corrected chi connectivity index (χ4v) is 0.999. The molecule has 0 aliphatic rings. The summed E-state index contributed by atoms with van der Waals surface area (Å²) in [6.45, 7) is 0. The molecule has 1 aromatic rings. The molecule has 0 atom stereocenters. The van der Waals surface area contributed by atoms with Crippen LogP contribution in [0.5, 0.6) is 0 Å². The van der Waals surface area contributed by atoms with Crippen molar-refractivity contribution in [3.63, 3.8) is 0 Å². The molecule has 0 aliphatic carbocycles. The number of aromatic nitrogens is 1. The van der Waals surface area contributed by atoms with Crippen molar-refractivity contribution in [1.29, 1.82) is 5.26 Å². The van der Waals surface area contributed by atoms with Crippen LogP contribution in [-0.4, -0.2) is 10.2 Å². The average Bonchev–Trinajstić information content (AvgIpc) is 2.16. The van der Waals surface area contributed by atoms with Crippen LogP contribution in [0.3, 0.4) is 0 Å². The fraction of sp³-hybridized carbons (Fsp3) is 0.125. The largest absolute Gasteiger partial charge is 0.280 e. The lowest BCUT2D eigenvalue weighted by molar-refractivity contribution is 0.108. The minimum Gasteiger partial charge on any atom is -0.276 e. The summed E-state index contributed by atoms with van der Waals surface area (Å²) in [4.78, 5) is 14.1.